The average molecular weight is 267 g/mol. The fraction of sp³-hybridized carbons (Fsp3) is 0.125. The van der Waals surface area contributed by atoms with Crippen molar-refractivity contribution in [2.24, 2.45) is 0 Å². The van der Waals surface area contributed by atoms with Crippen LogP contribution in [-0.4, -0.2) is 16.8 Å². The van der Waals surface area contributed by atoms with Gasteiger partial charge in [-0.1, -0.05) is 6.07 Å². The Hall–Kier alpha value is -2.62. The molecule has 0 bridgehead atoms. The van der Waals surface area contributed by atoms with Crippen molar-refractivity contribution in [2.45, 2.75) is 13.5 Å². The maximum atomic E-state index is 12.3. The van der Waals surface area contributed by atoms with E-state index in [1.807, 2.05) is 0 Å². The number of benzene rings is 2. The van der Waals surface area contributed by atoms with Gasteiger partial charge in [-0.05, 0) is 43.3 Å². The molecule has 1 aliphatic heterocycles. The van der Waals surface area contributed by atoms with Gasteiger partial charge in [-0.2, -0.15) is 0 Å². The third kappa shape index (κ3) is 1.86. The Morgan fingerprint density at radius 2 is 1.85 bits per heavy atom. The van der Waals surface area contributed by atoms with Crippen molar-refractivity contribution in [3.63, 3.8) is 0 Å². The molecule has 0 fully saturated rings. The van der Waals surface area contributed by atoms with Gasteiger partial charge in [0.1, 0.15) is 5.75 Å². The van der Waals surface area contributed by atoms with Gasteiger partial charge in [0.05, 0.1) is 6.54 Å². The number of rotatable bonds is 2. The third-order valence-corrected chi connectivity index (χ3v) is 3.53. The highest BCUT2D eigenvalue weighted by Gasteiger charge is 2.30. The summed E-state index contributed by atoms with van der Waals surface area (Å²) in [5.41, 5.74) is 2.50. The standard InChI is InChI=1S/C16H13NO3/c1-10(18)11-5-7-12(8-6-11)17-9-14-13(16(17)20)3-2-4-15(14)19/h2-8,19H,9H2,1H3. The molecule has 0 radical (unpaired) electrons. The molecule has 0 aromatic heterocycles. The highest BCUT2D eigenvalue weighted by atomic mass is 16.3. The normalized spacial score (nSPS) is 13.4. The lowest BCUT2D eigenvalue weighted by Crippen LogP contribution is -2.22. The largest absolute Gasteiger partial charge is 0.508 e. The number of fused-ring (bicyclic) bond motifs is 1. The zero-order chi connectivity index (χ0) is 14.3. The molecule has 1 N–H and O–H groups in total. The minimum absolute atomic E-state index is 0.00905. The van der Waals surface area contributed by atoms with E-state index in [1.165, 1.54) is 6.92 Å². The van der Waals surface area contributed by atoms with Crippen LogP contribution in [0.2, 0.25) is 0 Å². The molecule has 1 amide bonds. The first-order valence-electron chi connectivity index (χ1n) is 6.31. The number of phenolic OH excluding ortho intramolecular Hbond substituents is 1. The molecule has 4 heteroatoms. The third-order valence-electron chi connectivity index (χ3n) is 3.53. The Labute approximate surface area is 116 Å². The molecule has 0 unspecified atom stereocenters. The van der Waals surface area contributed by atoms with Crippen LogP contribution in [0.1, 0.15) is 33.2 Å². The number of anilines is 1. The molecule has 0 aliphatic carbocycles. The molecular weight excluding hydrogens is 254 g/mol. The zero-order valence-corrected chi connectivity index (χ0v) is 11.0. The highest BCUT2D eigenvalue weighted by molar-refractivity contribution is 6.10. The smallest absolute Gasteiger partial charge is 0.259 e. The fourth-order valence-corrected chi connectivity index (χ4v) is 2.40. The number of phenols is 1. The van der Waals surface area contributed by atoms with Crippen LogP contribution >= 0.6 is 0 Å². The summed E-state index contributed by atoms with van der Waals surface area (Å²) < 4.78 is 0. The monoisotopic (exact) mass is 267 g/mol. The van der Waals surface area contributed by atoms with Crippen LogP contribution < -0.4 is 4.90 Å². The van der Waals surface area contributed by atoms with Gasteiger partial charge in [0.25, 0.3) is 5.91 Å². The van der Waals surface area contributed by atoms with Gasteiger partial charge in [0.2, 0.25) is 0 Å². The molecule has 3 rings (SSSR count). The Balaban J connectivity index is 1.96. The van der Waals surface area contributed by atoms with E-state index in [9.17, 15) is 14.7 Å². The van der Waals surface area contributed by atoms with Crippen LogP contribution in [0.3, 0.4) is 0 Å². The van der Waals surface area contributed by atoms with Crippen molar-refractivity contribution in [1.82, 2.24) is 0 Å². The van der Waals surface area contributed by atoms with Gasteiger partial charge in [0.15, 0.2) is 5.78 Å². The highest BCUT2D eigenvalue weighted by Crippen LogP contribution is 2.33. The SMILES string of the molecule is CC(=O)c1ccc(N2Cc3c(O)cccc3C2=O)cc1. The average Bonchev–Trinajstić information content (AvgIpc) is 2.78. The second-order valence-corrected chi connectivity index (χ2v) is 4.80. The van der Waals surface area contributed by atoms with Gasteiger partial charge in [-0.3, -0.25) is 9.59 Å². The second kappa shape index (κ2) is 4.49. The quantitative estimate of drug-likeness (QED) is 0.851. The first-order valence-corrected chi connectivity index (χ1v) is 6.31. The lowest BCUT2D eigenvalue weighted by molar-refractivity contribution is 0.0994. The lowest BCUT2D eigenvalue weighted by atomic mass is 10.1. The van der Waals surface area contributed by atoms with Crippen molar-refractivity contribution in [2.75, 3.05) is 4.90 Å². The number of carbonyl (C=O) groups excluding carboxylic acids is 2. The van der Waals surface area contributed by atoms with Crippen molar-refractivity contribution < 1.29 is 14.7 Å². The molecule has 1 heterocycles. The topological polar surface area (TPSA) is 57.6 Å². The summed E-state index contributed by atoms with van der Waals surface area (Å²) >= 11 is 0. The molecule has 0 saturated heterocycles. The van der Waals surface area contributed by atoms with Crippen molar-refractivity contribution in [3.8, 4) is 5.75 Å². The predicted octanol–water partition coefficient (Wildman–Crippen LogP) is 2.76. The van der Waals surface area contributed by atoms with Crippen LogP contribution in [0.5, 0.6) is 5.75 Å². The molecule has 0 spiro atoms. The zero-order valence-electron chi connectivity index (χ0n) is 11.0. The first-order chi connectivity index (χ1) is 9.58. The number of Topliss-reactive ketones (excluding diaryl/α,β-unsaturated/α-hetero) is 1. The number of nitrogens with zero attached hydrogens (tertiary/aromatic N) is 1. The lowest BCUT2D eigenvalue weighted by Gasteiger charge is -2.15. The number of hydrogen-bond donors (Lipinski definition) is 1. The predicted molar refractivity (Wildman–Crippen MR) is 75.1 cm³/mol. The molecule has 0 atom stereocenters. The summed E-state index contributed by atoms with van der Waals surface area (Å²) in [5.74, 6) is -0.00425. The van der Waals surface area contributed by atoms with E-state index in [2.05, 4.69) is 0 Å². The number of amides is 1. The molecule has 4 nitrogen and oxygen atoms in total. The van der Waals surface area contributed by atoms with E-state index in [0.29, 0.717) is 23.2 Å². The van der Waals surface area contributed by atoms with Crippen molar-refractivity contribution in [1.29, 1.82) is 0 Å². The molecule has 20 heavy (non-hydrogen) atoms. The maximum Gasteiger partial charge on any atom is 0.259 e. The summed E-state index contributed by atoms with van der Waals surface area (Å²) in [6.45, 7) is 1.85. The molecule has 2 aromatic rings. The molecule has 1 aliphatic rings. The van der Waals surface area contributed by atoms with Crippen LogP contribution in [0, 0.1) is 0 Å². The van der Waals surface area contributed by atoms with Crippen LogP contribution in [0.25, 0.3) is 0 Å². The minimum atomic E-state index is -0.133. The van der Waals surface area contributed by atoms with E-state index in [0.717, 1.165) is 5.69 Å². The molecule has 2 aromatic carbocycles. The number of ketones is 1. The molecule has 100 valence electrons. The Morgan fingerprint density at radius 3 is 2.45 bits per heavy atom. The number of aromatic hydroxyl groups is 1. The Kier molecular flexibility index (Phi) is 2.79. The summed E-state index contributed by atoms with van der Waals surface area (Å²) in [4.78, 5) is 25.2. The van der Waals surface area contributed by atoms with E-state index in [4.69, 9.17) is 0 Å². The van der Waals surface area contributed by atoms with E-state index >= 15 is 0 Å². The van der Waals surface area contributed by atoms with Crippen LogP contribution in [-0.2, 0) is 6.54 Å². The van der Waals surface area contributed by atoms with Gasteiger partial charge in [0, 0.05) is 22.4 Å². The van der Waals surface area contributed by atoms with Crippen molar-refractivity contribution in [3.05, 3.63) is 59.2 Å². The Bertz CT molecular complexity index is 704. The fourth-order valence-electron chi connectivity index (χ4n) is 2.40. The molecule has 0 saturated carbocycles. The molecular formula is C16H13NO3. The summed E-state index contributed by atoms with van der Waals surface area (Å²) in [6.07, 6.45) is 0. The van der Waals surface area contributed by atoms with E-state index < -0.39 is 0 Å². The van der Waals surface area contributed by atoms with Gasteiger partial charge >= 0.3 is 0 Å². The second-order valence-electron chi connectivity index (χ2n) is 4.80. The summed E-state index contributed by atoms with van der Waals surface area (Å²) in [7, 11) is 0. The first kappa shape index (κ1) is 12.4. The Morgan fingerprint density at radius 1 is 1.15 bits per heavy atom. The summed E-state index contributed by atoms with van der Waals surface area (Å²) in [5, 5.41) is 9.81. The van der Waals surface area contributed by atoms with Crippen molar-refractivity contribution >= 4 is 17.4 Å². The van der Waals surface area contributed by atoms with Gasteiger partial charge < -0.3 is 10.0 Å². The van der Waals surface area contributed by atoms with Crippen LogP contribution in [0.4, 0.5) is 5.69 Å². The van der Waals surface area contributed by atoms with E-state index in [-0.39, 0.29) is 17.4 Å². The van der Waals surface area contributed by atoms with Crippen LogP contribution in [0.15, 0.2) is 42.5 Å². The van der Waals surface area contributed by atoms with Gasteiger partial charge in [-0.25, -0.2) is 0 Å². The number of hydrogen-bond acceptors (Lipinski definition) is 3. The summed E-state index contributed by atoms with van der Waals surface area (Å²) in [6, 6.07) is 11.8. The van der Waals surface area contributed by atoms with Gasteiger partial charge in [-0.15, -0.1) is 0 Å². The maximum absolute atomic E-state index is 12.3. The number of carbonyl (C=O) groups is 2. The minimum Gasteiger partial charge on any atom is -0.508 e. The van der Waals surface area contributed by atoms with E-state index in [1.54, 1.807) is 47.4 Å².